The molecule has 0 saturated carbocycles. The van der Waals surface area contributed by atoms with Crippen LogP contribution in [0.4, 0.5) is 13.2 Å². The number of carbonyl (C=O) groups excluding carboxylic acids is 1. The molecule has 1 aromatic heterocycles. The van der Waals surface area contributed by atoms with Gasteiger partial charge in [-0.15, -0.1) is 0 Å². The van der Waals surface area contributed by atoms with E-state index in [2.05, 4.69) is 15.5 Å². The number of alkyl halides is 3. The summed E-state index contributed by atoms with van der Waals surface area (Å²) >= 11 is 0. The number of aromatic nitrogens is 2. The Bertz CT molecular complexity index is 845. The minimum atomic E-state index is -4.53. The maximum absolute atomic E-state index is 12.8. The van der Waals surface area contributed by atoms with E-state index in [0.717, 1.165) is 12.5 Å². The molecular weight excluding hydrogens is 373 g/mol. The third-order valence-electron chi connectivity index (χ3n) is 4.85. The zero-order chi connectivity index (χ0) is 20.5. The Morgan fingerprint density at radius 1 is 1.29 bits per heavy atom. The first-order valence-corrected chi connectivity index (χ1v) is 8.86. The molecule has 0 aliphatic carbocycles. The second kappa shape index (κ2) is 7.75. The summed E-state index contributed by atoms with van der Waals surface area (Å²) in [5.74, 6) is -0.393. The van der Waals surface area contributed by atoms with E-state index in [1.165, 1.54) is 6.92 Å². The van der Waals surface area contributed by atoms with E-state index in [9.17, 15) is 23.1 Å². The summed E-state index contributed by atoms with van der Waals surface area (Å²) in [6, 6.07) is 5.05. The number of likely N-dealkylation sites (tertiary alicyclic amines) is 1. The number of phenols is 1. The van der Waals surface area contributed by atoms with E-state index < -0.39 is 17.5 Å². The summed E-state index contributed by atoms with van der Waals surface area (Å²) in [7, 11) is 1.78. The van der Waals surface area contributed by atoms with Gasteiger partial charge < -0.3 is 15.3 Å². The van der Waals surface area contributed by atoms with E-state index >= 15 is 0 Å². The Morgan fingerprint density at radius 3 is 2.61 bits per heavy atom. The number of hydrogen-bond acceptors (Lipinski definition) is 5. The maximum atomic E-state index is 12.8. The number of phenolic OH excluding ortho intramolecular Hbond substituents is 1. The third kappa shape index (κ3) is 4.41. The van der Waals surface area contributed by atoms with Gasteiger partial charge in [-0.1, -0.05) is 0 Å². The molecule has 0 bridgehead atoms. The minimum absolute atomic E-state index is 0.0754. The van der Waals surface area contributed by atoms with Crippen molar-refractivity contribution in [2.24, 2.45) is 0 Å². The molecule has 2 heterocycles. The van der Waals surface area contributed by atoms with Crippen LogP contribution in [0.2, 0.25) is 0 Å². The van der Waals surface area contributed by atoms with Gasteiger partial charge in [0.1, 0.15) is 5.75 Å². The largest absolute Gasteiger partial charge is 0.507 e. The predicted octanol–water partition coefficient (Wildman–Crippen LogP) is 2.89. The van der Waals surface area contributed by atoms with E-state index in [-0.39, 0.29) is 23.1 Å². The number of aryl methyl sites for hydroxylation is 1. The van der Waals surface area contributed by atoms with Crippen LogP contribution < -0.4 is 5.32 Å². The fourth-order valence-electron chi connectivity index (χ4n) is 3.22. The van der Waals surface area contributed by atoms with Gasteiger partial charge in [0, 0.05) is 38.2 Å². The Kier molecular flexibility index (Phi) is 5.55. The number of halogens is 3. The molecule has 9 heteroatoms. The van der Waals surface area contributed by atoms with Gasteiger partial charge in [0.15, 0.2) is 0 Å². The first-order valence-electron chi connectivity index (χ1n) is 8.86. The van der Waals surface area contributed by atoms with Crippen molar-refractivity contribution < 1.29 is 23.1 Å². The molecule has 1 fully saturated rings. The highest BCUT2D eigenvalue weighted by Gasteiger charge is 2.32. The molecule has 0 unspecified atom stereocenters. The number of nitrogens with zero attached hydrogens (tertiary/aromatic N) is 3. The molecular formula is C19H21F3N4O2. The second-order valence-electron chi connectivity index (χ2n) is 6.98. The normalized spacial score (nSPS) is 17.8. The average Bonchev–Trinajstić information content (AvgIpc) is 2.62. The standard InChI is InChI=1S/C19H21F3N4O2/c1-11-7-12(19(20,21)22)8-16(27)18(11)15-4-3-14(24-25-15)10-23-13-5-6-26(2)17(28)9-13/h3-4,7-8,13,23,27H,5-6,9-10H2,1-2H3/t13-/m1/s1. The summed E-state index contributed by atoms with van der Waals surface area (Å²) in [6.45, 7) is 2.61. The molecule has 3 rings (SSSR count). The van der Waals surface area contributed by atoms with E-state index in [1.807, 2.05) is 0 Å². The Morgan fingerprint density at radius 2 is 2.04 bits per heavy atom. The number of benzene rings is 1. The first-order chi connectivity index (χ1) is 13.1. The monoisotopic (exact) mass is 394 g/mol. The highest BCUT2D eigenvalue weighted by Crippen LogP contribution is 2.38. The molecule has 0 radical (unpaired) electrons. The Hall–Kier alpha value is -2.68. The zero-order valence-corrected chi connectivity index (χ0v) is 15.5. The maximum Gasteiger partial charge on any atom is 0.416 e. The fraction of sp³-hybridized carbons (Fsp3) is 0.421. The van der Waals surface area contributed by atoms with E-state index in [4.69, 9.17) is 0 Å². The number of rotatable bonds is 4. The van der Waals surface area contributed by atoms with Gasteiger partial charge in [-0.05, 0) is 43.2 Å². The summed E-state index contributed by atoms with van der Waals surface area (Å²) in [6.07, 6.45) is -3.25. The summed E-state index contributed by atoms with van der Waals surface area (Å²) < 4.78 is 38.5. The van der Waals surface area contributed by atoms with Crippen LogP contribution in [0.25, 0.3) is 11.3 Å². The smallest absolute Gasteiger partial charge is 0.416 e. The van der Waals surface area contributed by atoms with E-state index in [0.29, 0.717) is 37.0 Å². The van der Waals surface area contributed by atoms with Crippen LogP contribution in [-0.2, 0) is 17.5 Å². The van der Waals surface area contributed by atoms with Crippen LogP contribution in [0.15, 0.2) is 24.3 Å². The molecule has 0 spiro atoms. The molecule has 1 saturated heterocycles. The van der Waals surface area contributed by atoms with Crippen molar-refractivity contribution in [2.75, 3.05) is 13.6 Å². The van der Waals surface area contributed by atoms with Crippen molar-refractivity contribution in [2.45, 2.75) is 38.5 Å². The molecule has 1 amide bonds. The van der Waals surface area contributed by atoms with Crippen LogP contribution in [-0.4, -0.2) is 45.7 Å². The Balaban J connectivity index is 1.70. The highest BCUT2D eigenvalue weighted by atomic mass is 19.4. The lowest BCUT2D eigenvalue weighted by molar-refractivity contribution is -0.137. The quantitative estimate of drug-likeness (QED) is 0.834. The number of nitrogens with one attached hydrogen (secondary N) is 1. The molecule has 2 N–H and O–H groups in total. The number of amides is 1. The molecule has 1 aromatic carbocycles. The van der Waals surface area contributed by atoms with Crippen LogP contribution in [0.3, 0.4) is 0 Å². The molecule has 1 aliphatic rings. The SMILES string of the molecule is Cc1cc(C(F)(F)F)cc(O)c1-c1ccc(CN[C@@H]2CCN(C)C(=O)C2)nn1. The number of hydrogen-bond donors (Lipinski definition) is 2. The van der Waals surface area contributed by atoms with Crippen LogP contribution >= 0.6 is 0 Å². The van der Waals surface area contributed by atoms with Gasteiger partial charge in [0.05, 0.1) is 17.0 Å². The lowest BCUT2D eigenvalue weighted by atomic mass is 10.0. The van der Waals surface area contributed by atoms with Crippen molar-refractivity contribution in [3.8, 4) is 17.0 Å². The molecule has 1 atom stereocenters. The highest BCUT2D eigenvalue weighted by molar-refractivity contribution is 5.77. The van der Waals surface area contributed by atoms with Crippen molar-refractivity contribution in [1.29, 1.82) is 0 Å². The van der Waals surface area contributed by atoms with Gasteiger partial charge in [-0.3, -0.25) is 4.79 Å². The fourth-order valence-corrected chi connectivity index (χ4v) is 3.22. The molecule has 150 valence electrons. The lowest BCUT2D eigenvalue weighted by Gasteiger charge is -2.29. The van der Waals surface area contributed by atoms with Gasteiger partial charge in [-0.2, -0.15) is 23.4 Å². The zero-order valence-electron chi connectivity index (χ0n) is 15.5. The predicted molar refractivity (Wildman–Crippen MR) is 96.4 cm³/mol. The van der Waals surface area contributed by atoms with Crippen molar-refractivity contribution in [3.63, 3.8) is 0 Å². The number of carbonyl (C=O) groups is 1. The molecule has 28 heavy (non-hydrogen) atoms. The van der Waals surface area contributed by atoms with Crippen molar-refractivity contribution in [1.82, 2.24) is 20.4 Å². The molecule has 6 nitrogen and oxygen atoms in total. The van der Waals surface area contributed by atoms with Gasteiger partial charge in [-0.25, -0.2) is 0 Å². The van der Waals surface area contributed by atoms with E-state index in [1.54, 1.807) is 24.1 Å². The second-order valence-corrected chi connectivity index (χ2v) is 6.98. The number of piperidine rings is 1. The van der Waals surface area contributed by atoms with Crippen LogP contribution in [0, 0.1) is 6.92 Å². The topological polar surface area (TPSA) is 78.4 Å². The van der Waals surface area contributed by atoms with Crippen molar-refractivity contribution >= 4 is 5.91 Å². The van der Waals surface area contributed by atoms with Crippen molar-refractivity contribution in [3.05, 3.63) is 41.1 Å². The summed E-state index contributed by atoms with van der Waals surface area (Å²) in [5, 5.41) is 21.5. The first kappa shape index (κ1) is 20.1. The minimum Gasteiger partial charge on any atom is -0.507 e. The molecule has 2 aromatic rings. The van der Waals surface area contributed by atoms with Gasteiger partial charge >= 0.3 is 6.18 Å². The number of aromatic hydroxyl groups is 1. The Labute approximate surface area is 160 Å². The molecule has 1 aliphatic heterocycles. The van der Waals surface area contributed by atoms with Gasteiger partial charge in [0.25, 0.3) is 0 Å². The van der Waals surface area contributed by atoms with Gasteiger partial charge in [0.2, 0.25) is 5.91 Å². The summed E-state index contributed by atoms with van der Waals surface area (Å²) in [5.41, 5.74) is 0.507. The van der Waals surface area contributed by atoms with Crippen LogP contribution in [0.5, 0.6) is 5.75 Å². The van der Waals surface area contributed by atoms with Crippen LogP contribution in [0.1, 0.15) is 29.7 Å². The third-order valence-corrected chi connectivity index (χ3v) is 4.85. The summed E-state index contributed by atoms with van der Waals surface area (Å²) in [4.78, 5) is 13.4. The lowest BCUT2D eigenvalue weighted by Crippen LogP contribution is -2.44. The average molecular weight is 394 g/mol.